The highest BCUT2D eigenvalue weighted by Crippen LogP contribution is 2.51. The van der Waals surface area contributed by atoms with Gasteiger partial charge in [-0.15, -0.1) is 0 Å². The second kappa shape index (κ2) is 6.81. The first kappa shape index (κ1) is 17.0. The maximum atomic E-state index is 6.13. The predicted molar refractivity (Wildman–Crippen MR) is 108 cm³/mol. The molecule has 3 aromatic rings. The van der Waals surface area contributed by atoms with Gasteiger partial charge in [-0.2, -0.15) is 0 Å². The Morgan fingerprint density at radius 3 is 2.59 bits per heavy atom. The van der Waals surface area contributed by atoms with Crippen LogP contribution in [-0.4, -0.2) is 29.2 Å². The minimum Gasteiger partial charge on any atom is -0.360 e. The number of fused-ring (bicyclic) bond motifs is 2. The van der Waals surface area contributed by atoms with E-state index in [1.54, 1.807) is 0 Å². The minimum absolute atomic E-state index is 0.319. The van der Waals surface area contributed by atoms with E-state index in [1.807, 2.05) is 30.3 Å². The van der Waals surface area contributed by atoms with E-state index in [4.69, 9.17) is 16.1 Å². The van der Waals surface area contributed by atoms with Gasteiger partial charge in [-0.25, -0.2) is 0 Å². The molecule has 0 radical (unpaired) electrons. The summed E-state index contributed by atoms with van der Waals surface area (Å²) in [6.07, 6.45) is 3.64. The number of halogens is 1. The second-order valence-electron chi connectivity index (χ2n) is 7.86. The second-order valence-corrected chi connectivity index (χ2v) is 8.30. The zero-order valence-corrected chi connectivity index (χ0v) is 16.1. The minimum atomic E-state index is 0.319. The highest BCUT2D eigenvalue weighted by atomic mass is 35.5. The number of benzene rings is 2. The first-order chi connectivity index (χ1) is 13.2. The lowest BCUT2D eigenvalue weighted by Crippen LogP contribution is -2.44. The largest absolute Gasteiger partial charge is 0.360 e. The summed E-state index contributed by atoms with van der Waals surface area (Å²) in [5, 5.41) is 5.19. The van der Waals surface area contributed by atoms with Crippen molar-refractivity contribution in [1.82, 2.24) is 10.1 Å². The fraction of sp³-hybridized carbons (Fsp3) is 0.348. The summed E-state index contributed by atoms with van der Waals surface area (Å²) in [6.45, 7) is 0. The van der Waals surface area contributed by atoms with Gasteiger partial charge < -0.3 is 4.52 Å². The molecule has 2 saturated heterocycles. The molecule has 3 heterocycles. The number of hydrogen-bond acceptors (Lipinski definition) is 3. The smallest absolute Gasteiger partial charge is 0.142 e. The zero-order valence-electron chi connectivity index (χ0n) is 15.4. The van der Waals surface area contributed by atoms with Gasteiger partial charge in [0, 0.05) is 34.7 Å². The lowest BCUT2D eigenvalue weighted by atomic mass is 9.74. The fourth-order valence-electron chi connectivity index (χ4n) is 5.10. The van der Waals surface area contributed by atoms with Crippen molar-refractivity contribution >= 4 is 11.6 Å². The zero-order chi connectivity index (χ0) is 18.4. The van der Waals surface area contributed by atoms with Crippen LogP contribution in [0, 0.1) is 0 Å². The van der Waals surface area contributed by atoms with E-state index in [0.717, 1.165) is 28.5 Å². The lowest BCUT2D eigenvalue weighted by molar-refractivity contribution is 0.122. The molecule has 27 heavy (non-hydrogen) atoms. The van der Waals surface area contributed by atoms with Gasteiger partial charge in [0.25, 0.3) is 0 Å². The van der Waals surface area contributed by atoms with Crippen LogP contribution in [0.4, 0.5) is 0 Å². The van der Waals surface area contributed by atoms with E-state index in [2.05, 4.69) is 47.4 Å². The van der Waals surface area contributed by atoms with Crippen molar-refractivity contribution in [2.24, 2.45) is 0 Å². The van der Waals surface area contributed by atoms with Gasteiger partial charge in [0.05, 0.1) is 0 Å². The molecule has 1 aromatic heterocycles. The maximum Gasteiger partial charge on any atom is 0.142 e. The molecule has 5 rings (SSSR count). The third kappa shape index (κ3) is 2.99. The molecule has 2 aliphatic heterocycles. The molecule has 3 nitrogen and oxygen atoms in total. The molecule has 2 bridgehead atoms. The average molecular weight is 378 g/mol. The Bertz CT molecular complexity index is 921. The van der Waals surface area contributed by atoms with Gasteiger partial charge in [-0.3, -0.25) is 4.90 Å². The van der Waals surface area contributed by atoms with Gasteiger partial charge in [0.15, 0.2) is 0 Å². The molecule has 2 fully saturated rings. The number of likely N-dealkylation sites (N-methyl/N-ethyl adjacent to an activating group) is 1. The molecule has 0 N–H and O–H groups in total. The van der Waals surface area contributed by atoms with E-state index in [1.165, 1.54) is 18.4 Å². The SMILES string of the molecule is [11CH3]N1C2CC[C@@H]1C[C@H](c1ccc(Cl)cc1)C2c1cc(-c2ccccc2)no1. The summed E-state index contributed by atoms with van der Waals surface area (Å²) in [7, 11) is 2.27. The summed E-state index contributed by atoms with van der Waals surface area (Å²) in [4.78, 5) is 2.56. The highest BCUT2D eigenvalue weighted by molar-refractivity contribution is 6.30. The molecule has 2 aliphatic rings. The monoisotopic (exact) mass is 377 g/mol. The van der Waals surface area contributed by atoms with Crippen LogP contribution >= 0.6 is 11.6 Å². The van der Waals surface area contributed by atoms with Crippen LogP contribution < -0.4 is 0 Å². The molecule has 4 atom stereocenters. The van der Waals surface area contributed by atoms with Crippen LogP contribution in [-0.2, 0) is 0 Å². The van der Waals surface area contributed by atoms with Crippen LogP contribution in [0.2, 0.25) is 5.02 Å². The molecule has 0 aliphatic carbocycles. The molecule has 4 heteroatoms. The van der Waals surface area contributed by atoms with E-state index in [-0.39, 0.29) is 0 Å². The van der Waals surface area contributed by atoms with Crippen molar-refractivity contribution in [1.29, 1.82) is 0 Å². The lowest BCUT2D eigenvalue weighted by Gasteiger charge is -2.42. The van der Waals surface area contributed by atoms with E-state index >= 15 is 0 Å². The Hall–Kier alpha value is -2.10. The molecule has 0 spiro atoms. The molecule has 138 valence electrons. The van der Waals surface area contributed by atoms with Crippen LogP contribution in [0.25, 0.3) is 11.3 Å². The van der Waals surface area contributed by atoms with Crippen LogP contribution in [0.3, 0.4) is 0 Å². The third-order valence-corrected chi connectivity index (χ3v) is 6.75. The number of nitrogens with zero attached hydrogens (tertiary/aromatic N) is 2. The van der Waals surface area contributed by atoms with Gasteiger partial charge in [-0.05, 0) is 49.9 Å². The van der Waals surface area contributed by atoms with Gasteiger partial charge in [0.2, 0.25) is 0 Å². The maximum absolute atomic E-state index is 6.13. The Labute approximate surface area is 164 Å². The number of piperidine rings is 1. The summed E-state index contributed by atoms with van der Waals surface area (Å²) in [6, 6.07) is 21.9. The summed E-state index contributed by atoms with van der Waals surface area (Å²) in [5.74, 6) is 1.76. The predicted octanol–water partition coefficient (Wildman–Crippen LogP) is 5.73. The van der Waals surface area contributed by atoms with Crippen molar-refractivity contribution in [2.75, 3.05) is 7.05 Å². The molecule has 2 unspecified atom stereocenters. The average Bonchev–Trinajstić information content (AvgIpc) is 3.26. The van der Waals surface area contributed by atoms with E-state index < -0.39 is 0 Å². The molecular formula is C23H23ClN2O. The Morgan fingerprint density at radius 1 is 1.04 bits per heavy atom. The number of hydrogen-bond donors (Lipinski definition) is 0. The highest BCUT2D eigenvalue weighted by Gasteiger charge is 2.48. The first-order valence-corrected chi connectivity index (χ1v) is 10.1. The van der Waals surface area contributed by atoms with E-state index in [9.17, 15) is 0 Å². The molecule has 0 amide bonds. The number of aromatic nitrogens is 1. The standard InChI is InChI=1S/C23H23ClN2O/c1-26-18-11-12-21(26)23(19(13-18)15-7-9-17(24)10-8-15)22-14-20(25-27-22)16-5-3-2-4-6-16/h2-10,14,18-19,21,23H,11-13H2,1H3/t18-,19-,21?,23?/m1/s1/i1-1. The van der Waals surface area contributed by atoms with Crippen molar-refractivity contribution in [3.63, 3.8) is 0 Å². The summed E-state index contributed by atoms with van der Waals surface area (Å²) >= 11 is 6.13. The van der Waals surface area contributed by atoms with Crippen molar-refractivity contribution in [3.8, 4) is 11.3 Å². The normalized spacial score (nSPS) is 27.8. The fourth-order valence-corrected chi connectivity index (χ4v) is 5.22. The molecule has 0 saturated carbocycles. The number of rotatable bonds is 3. The van der Waals surface area contributed by atoms with Crippen molar-refractivity contribution in [2.45, 2.75) is 43.2 Å². The van der Waals surface area contributed by atoms with E-state index in [0.29, 0.717) is 23.9 Å². The van der Waals surface area contributed by atoms with Crippen LogP contribution in [0.15, 0.2) is 65.2 Å². The molecule has 2 aromatic carbocycles. The summed E-state index contributed by atoms with van der Waals surface area (Å²) < 4.78 is 5.93. The molecular weight excluding hydrogens is 355 g/mol. The van der Waals surface area contributed by atoms with Crippen LogP contribution in [0.5, 0.6) is 0 Å². The van der Waals surface area contributed by atoms with Crippen molar-refractivity contribution < 1.29 is 4.52 Å². The first-order valence-electron chi connectivity index (χ1n) is 9.70. The third-order valence-electron chi connectivity index (χ3n) is 6.49. The van der Waals surface area contributed by atoms with Gasteiger partial charge >= 0.3 is 0 Å². The topological polar surface area (TPSA) is 29.3 Å². The Balaban J connectivity index is 1.54. The Kier molecular flexibility index (Phi) is 4.30. The van der Waals surface area contributed by atoms with Gasteiger partial charge in [-0.1, -0.05) is 59.2 Å². The van der Waals surface area contributed by atoms with Gasteiger partial charge in [0.1, 0.15) is 11.5 Å². The quantitative estimate of drug-likeness (QED) is 0.583. The summed E-state index contributed by atoms with van der Waals surface area (Å²) in [5.41, 5.74) is 3.37. The Morgan fingerprint density at radius 2 is 1.81 bits per heavy atom. The van der Waals surface area contributed by atoms with Crippen molar-refractivity contribution in [3.05, 3.63) is 77.0 Å². The van der Waals surface area contributed by atoms with Crippen LogP contribution in [0.1, 0.15) is 42.4 Å².